The second-order valence-corrected chi connectivity index (χ2v) is 4.21. The Kier molecular flexibility index (Phi) is 7.89. The molecule has 18 heavy (non-hydrogen) atoms. The number of amidine groups is 1. The molecule has 1 aromatic heterocycles. The first-order valence-corrected chi connectivity index (χ1v) is 6.38. The predicted octanol–water partition coefficient (Wildman–Crippen LogP) is 2.07. The molecule has 0 amide bonds. The van der Waals surface area contributed by atoms with E-state index in [0.717, 1.165) is 0 Å². The van der Waals surface area contributed by atoms with Crippen molar-refractivity contribution in [2.24, 2.45) is 4.99 Å². The summed E-state index contributed by atoms with van der Waals surface area (Å²) in [6.45, 7) is 5.82. The molecule has 0 spiro atoms. The molecule has 0 unspecified atom stereocenters. The highest BCUT2D eigenvalue weighted by atomic mass is 32.1. The number of hydrogen-bond acceptors (Lipinski definition) is 6. The molecule has 1 rings (SSSR count). The summed E-state index contributed by atoms with van der Waals surface area (Å²) in [4.78, 5) is 19.8. The van der Waals surface area contributed by atoms with Gasteiger partial charge in [-0.1, -0.05) is 25.2 Å². The average Bonchev–Trinajstić information content (AvgIpc) is 2.78. The third kappa shape index (κ3) is 5.74. The number of hydrogen-bond donors (Lipinski definition) is 1. The zero-order valence-corrected chi connectivity index (χ0v) is 12.5. The lowest BCUT2D eigenvalue weighted by Crippen LogP contribution is -2.34. The van der Waals surface area contributed by atoms with E-state index < -0.39 is 5.97 Å². The maximum atomic E-state index is 11.2. The van der Waals surface area contributed by atoms with Gasteiger partial charge in [0, 0.05) is 14.1 Å². The van der Waals surface area contributed by atoms with Crippen LogP contribution >= 0.6 is 11.3 Å². The highest BCUT2D eigenvalue weighted by Crippen LogP contribution is 2.21. The standard InChI is InChI=1S/C9H14N4O2S.C2H6/c1-6(12-13(2)3)11-9-10-5-7(16-9)8(14)15-4;1-2/h5H,1-4H3,(H,10,11,12);1-2H3. The van der Waals surface area contributed by atoms with Crippen LogP contribution in [0, 0.1) is 0 Å². The van der Waals surface area contributed by atoms with Crippen LogP contribution in [0.5, 0.6) is 0 Å². The van der Waals surface area contributed by atoms with Gasteiger partial charge in [0.05, 0.1) is 13.3 Å². The Morgan fingerprint density at radius 3 is 2.61 bits per heavy atom. The van der Waals surface area contributed by atoms with E-state index in [2.05, 4.69) is 20.1 Å². The van der Waals surface area contributed by atoms with Crippen LogP contribution in [-0.2, 0) is 4.74 Å². The number of carbonyl (C=O) groups excluding carboxylic acids is 1. The van der Waals surface area contributed by atoms with Crippen molar-refractivity contribution in [1.82, 2.24) is 15.4 Å². The quantitative estimate of drug-likeness (QED) is 0.395. The van der Waals surface area contributed by atoms with Gasteiger partial charge >= 0.3 is 5.97 Å². The molecular weight excluding hydrogens is 252 g/mol. The number of hydrazine groups is 1. The predicted molar refractivity (Wildman–Crippen MR) is 74.4 cm³/mol. The molecule has 0 bridgehead atoms. The Bertz CT molecular complexity index is 402. The number of aliphatic imine (C=N–C) groups is 1. The van der Waals surface area contributed by atoms with Gasteiger partial charge in [-0.25, -0.2) is 19.8 Å². The monoisotopic (exact) mass is 272 g/mol. The van der Waals surface area contributed by atoms with Crippen molar-refractivity contribution in [3.8, 4) is 0 Å². The first-order chi connectivity index (χ1) is 8.52. The molecular formula is C11H20N4O2S. The molecule has 1 aromatic rings. The van der Waals surface area contributed by atoms with E-state index in [1.54, 1.807) is 5.01 Å². The fourth-order valence-electron chi connectivity index (χ4n) is 1.00. The van der Waals surface area contributed by atoms with E-state index in [0.29, 0.717) is 15.8 Å². The van der Waals surface area contributed by atoms with E-state index in [1.165, 1.54) is 24.6 Å². The highest BCUT2D eigenvalue weighted by Gasteiger charge is 2.09. The lowest BCUT2D eigenvalue weighted by molar-refractivity contribution is 0.0606. The normalized spacial score (nSPS) is 10.7. The zero-order valence-electron chi connectivity index (χ0n) is 11.6. The van der Waals surface area contributed by atoms with Gasteiger partial charge in [0.25, 0.3) is 0 Å². The number of carbonyl (C=O) groups is 1. The Morgan fingerprint density at radius 2 is 2.11 bits per heavy atom. The maximum Gasteiger partial charge on any atom is 0.349 e. The molecule has 0 atom stereocenters. The Labute approximate surface area is 112 Å². The fraction of sp³-hybridized carbons (Fsp3) is 0.545. The van der Waals surface area contributed by atoms with Crippen molar-refractivity contribution in [2.75, 3.05) is 21.2 Å². The molecule has 102 valence electrons. The molecule has 0 aliphatic rings. The number of rotatable bonds is 3. The van der Waals surface area contributed by atoms with Crippen LogP contribution in [0.1, 0.15) is 30.4 Å². The first-order valence-electron chi connectivity index (χ1n) is 5.56. The SMILES string of the molecule is CC.COC(=O)c1cnc(/N=C(/C)NN(C)C)s1. The molecule has 7 heteroatoms. The van der Waals surface area contributed by atoms with Crippen molar-refractivity contribution in [3.63, 3.8) is 0 Å². The smallest absolute Gasteiger partial charge is 0.349 e. The van der Waals surface area contributed by atoms with E-state index in [4.69, 9.17) is 0 Å². The van der Waals surface area contributed by atoms with Crippen LogP contribution < -0.4 is 5.43 Å². The summed E-state index contributed by atoms with van der Waals surface area (Å²) in [6, 6.07) is 0. The van der Waals surface area contributed by atoms with Gasteiger partial charge in [-0.05, 0) is 6.92 Å². The molecule has 6 nitrogen and oxygen atoms in total. The second kappa shape index (κ2) is 8.60. The first kappa shape index (κ1) is 16.5. The van der Waals surface area contributed by atoms with Crippen LogP contribution in [0.15, 0.2) is 11.2 Å². The number of ether oxygens (including phenoxy) is 1. The van der Waals surface area contributed by atoms with Crippen molar-refractivity contribution < 1.29 is 9.53 Å². The van der Waals surface area contributed by atoms with Crippen LogP contribution in [0.25, 0.3) is 0 Å². The van der Waals surface area contributed by atoms with Gasteiger partial charge in [0.15, 0.2) is 0 Å². The van der Waals surface area contributed by atoms with Crippen molar-refractivity contribution >= 4 is 28.3 Å². The summed E-state index contributed by atoms with van der Waals surface area (Å²) >= 11 is 1.19. The number of esters is 1. The number of nitrogens with one attached hydrogen (secondary N) is 1. The Hall–Kier alpha value is -1.47. The molecule has 1 N–H and O–H groups in total. The van der Waals surface area contributed by atoms with Gasteiger partial charge < -0.3 is 10.2 Å². The van der Waals surface area contributed by atoms with Gasteiger partial charge in [-0.2, -0.15) is 0 Å². The molecule has 0 saturated heterocycles. The summed E-state index contributed by atoms with van der Waals surface area (Å²) in [5.41, 5.74) is 2.98. The average molecular weight is 272 g/mol. The minimum Gasteiger partial charge on any atom is -0.465 e. The van der Waals surface area contributed by atoms with Gasteiger partial charge in [-0.15, -0.1) is 0 Å². The molecule has 0 aromatic carbocycles. The van der Waals surface area contributed by atoms with E-state index in [9.17, 15) is 4.79 Å². The largest absolute Gasteiger partial charge is 0.465 e. The number of aromatic nitrogens is 1. The topological polar surface area (TPSA) is 66.8 Å². The van der Waals surface area contributed by atoms with Gasteiger partial charge in [0.1, 0.15) is 10.7 Å². The van der Waals surface area contributed by atoms with Gasteiger partial charge in [0.2, 0.25) is 5.13 Å². The molecule has 0 radical (unpaired) electrons. The highest BCUT2D eigenvalue weighted by molar-refractivity contribution is 7.17. The van der Waals surface area contributed by atoms with E-state index in [1.807, 2.05) is 34.9 Å². The Balaban J connectivity index is 0.00000137. The van der Waals surface area contributed by atoms with E-state index in [-0.39, 0.29) is 0 Å². The molecule has 0 aliphatic carbocycles. The molecule has 0 fully saturated rings. The summed E-state index contributed by atoms with van der Waals surface area (Å²) in [7, 11) is 5.06. The van der Waals surface area contributed by atoms with Crippen LogP contribution in [0.4, 0.5) is 5.13 Å². The third-order valence-electron chi connectivity index (χ3n) is 1.53. The maximum absolute atomic E-state index is 11.2. The minimum absolute atomic E-state index is 0.392. The van der Waals surface area contributed by atoms with Crippen LogP contribution in [-0.4, -0.2) is 43.0 Å². The Morgan fingerprint density at radius 1 is 1.50 bits per heavy atom. The van der Waals surface area contributed by atoms with E-state index >= 15 is 0 Å². The molecule has 0 aliphatic heterocycles. The molecule has 1 heterocycles. The lowest BCUT2D eigenvalue weighted by Gasteiger charge is -2.11. The summed E-state index contributed by atoms with van der Waals surface area (Å²) < 4.78 is 4.58. The summed E-state index contributed by atoms with van der Waals surface area (Å²) in [5.74, 6) is 0.313. The number of thiazole rings is 1. The lowest BCUT2D eigenvalue weighted by atomic mass is 10.6. The zero-order chi connectivity index (χ0) is 14.1. The van der Waals surface area contributed by atoms with Gasteiger partial charge in [-0.3, -0.25) is 0 Å². The number of methoxy groups -OCH3 is 1. The number of nitrogens with zero attached hydrogens (tertiary/aromatic N) is 3. The van der Waals surface area contributed by atoms with Crippen molar-refractivity contribution in [2.45, 2.75) is 20.8 Å². The molecule has 0 saturated carbocycles. The minimum atomic E-state index is -0.392. The van der Waals surface area contributed by atoms with Crippen LogP contribution in [0.2, 0.25) is 0 Å². The van der Waals surface area contributed by atoms with Crippen LogP contribution in [0.3, 0.4) is 0 Å². The fourth-order valence-corrected chi connectivity index (χ4v) is 1.76. The summed E-state index contributed by atoms with van der Waals surface area (Å²) in [5, 5.41) is 2.29. The van der Waals surface area contributed by atoms with Crippen molar-refractivity contribution in [1.29, 1.82) is 0 Å². The van der Waals surface area contributed by atoms with Crippen molar-refractivity contribution in [3.05, 3.63) is 11.1 Å². The second-order valence-electron chi connectivity index (χ2n) is 3.20. The third-order valence-corrected chi connectivity index (χ3v) is 2.40. The summed E-state index contributed by atoms with van der Waals surface area (Å²) in [6.07, 6.45) is 1.46.